The van der Waals surface area contributed by atoms with Crippen molar-refractivity contribution in [3.05, 3.63) is 39.7 Å². The van der Waals surface area contributed by atoms with Crippen LogP contribution < -0.4 is 0 Å². The Balaban J connectivity index is 2.97. The fourth-order valence-electron chi connectivity index (χ4n) is 1.31. The SMILES string of the molecule is CC(C)(O)Cc1ccc([N+](=O)[O-])c(F)c1. The molecule has 0 fully saturated rings. The predicted molar refractivity (Wildman–Crippen MR) is 53.1 cm³/mol. The zero-order valence-electron chi connectivity index (χ0n) is 8.53. The zero-order valence-corrected chi connectivity index (χ0v) is 8.53. The van der Waals surface area contributed by atoms with Gasteiger partial charge in [0.15, 0.2) is 0 Å². The van der Waals surface area contributed by atoms with Gasteiger partial charge in [0.25, 0.3) is 0 Å². The summed E-state index contributed by atoms with van der Waals surface area (Å²) in [6.45, 7) is 3.18. The van der Waals surface area contributed by atoms with E-state index in [1.54, 1.807) is 13.8 Å². The lowest BCUT2D eigenvalue weighted by molar-refractivity contribution is -0.387. The van der Waals surface area contributed by atoms with Crippen LogP contribution >= 0.6 is 0 Å². The molecule has 0 saturated carbocycles. The van der Waals surface area contributed by atoms with Crippen LogP contribution in [0, 0.1) is 15.9 Å². The first-order valence-corrected chi connectivity index (χ1v) is 4.45. The Morgan fingerprint density at radius 2 is 2.13 bits per heavy atom. The largest absolute Gasteiger partial charge is 0.390 e. The van der Waals surface area contributed by atoms with E-state index in [2.05, 4.69) is 0 Å². The highest BCUT2D eigenvalue weighted by atomic mass is 19.1. The Morgan fingerprint density at radius 1 is 1.53 bits per heavy atom. The molecule has 0 amide bonds. The Hall–Kier alpha value is -1.49. The second-order valence-corrected chi connectivity index (χ2v) is 4.03. The van der Waals surface area contributed by atoms with E-state index in [1.165, 1.54) is 6.07 Å². The van der Waals surface area contributed by atoms with Crippen LogP contribution in [0.5, 0.6) is 0 Å². The monoisotopic (exact) mass is 213 g/mol. The minimum absolute atomic E-state index is 0.252. The molecule has 0 aliphatic heterocycles. The first kappa shape index (κ1) is 11.6. The fourth-order valence-corrected chi connectivity index (χ4v) is 1.31. The standard InChI is InChI=1S/C10H12FNO3/c1-10(2,13)6-7-3-4-9(12(14)15)8(11)5-7/h3-5,13H,6H2,1-2H3. The van der Waals surface area contributed by atoms with Crippen LogP contribution in [0.2, 0.25) is 0 Å². The van der Waals surface area contributed by atoms with Crippen LogP contribution in [-0.2, 0) is 6.42 Å². The van der Waals surface area contributed by atoms with E-state index in [0.717, 1.165) is 12.1 Å². The van der Waals surface area contributed by atoms with E-state index in [-0.39, 0.29) is 6.42 Å². The van der Waals surface area contributed by atoms with Gasteiger partial charge in [-0.3, -0.25) is 10.1 Å². The van der Waals surface area contributed by atoms with Crippen molar-refractivity contribution >= 4 is 5.69 Å². The number of halogens is 1. The number of hydrogen-bond donors (Lipinski definition) is 1. The summed E-state index contributed by atoms with van der Waals surface area (Å²) < 4.78 is 13.2. The molecule has 0 unspecified atom stereocenters. The minimum atomic E-state index is -0.956. The molecule has 1 aromatic carbocycles. The van der Waals surface area contributed by atoms with Crippen molar-refractivity contribution in [1.29, 1.82) is 0 Å². The third-order valence-electron chi connectivity index (χ3n) is 1.85. The van der Waals surface area contributed by atoms with E-state index < -0.39 is 22.0 Å². The van der Waals surface area contributed by atoms with Crippen molar-refractivity contribution in [3.63, 3.8) is 0 Å². The number of nitro groups is 1. The Labute approximate surface area is 86.5 Å². The molecule has 5 heteroatoms. The molecule has 0 saturated heterocycles. The van der Waals surface area contributed by atoms with Gasteiger partial charge < -0.3 is 5.11 Å². The summed E-state index contributed by atoms with van der Waals surface area (Å²) >= 11 is 0. The summed E-state index contributed by atoms with van der Waals surface area (Å²) in [5, 5.41) is 19.8. The normalized spacial score (nSPS) is 11.5. The quantitative estimate of drug-likeness (QED) is 0.617. The molecule has 0 radical (unpaired) electrons. The van der Waals surface area contributed by atoms with Gasteiger partial charge in [-0.05, 0) is 25.5 Å². The maximum atomic E-state index is 13.2. The molecule has 82 valence electrons. The smallest absolute Gasteiger partial charge is 0.304 e. The summed E-state index contributed by atoms with van der Waals surface area (Å²) in [6.07, 6.45) is 0.252. The molecule has 0 spiro atoms. The van der Waals surface area contributed by atoms with Gasteiger partial charge in [0.1, 0.15) is 0 Å². The van der Waals surface area contributed by atoms with Gasteiger partial charge in [0, 0.05) is 12.5 Å². The molecule has 1 aromatic rings. The Morgan fingerprint density at radius 3 is 2.53 bits per heavy atom. The molecule has 1 rings (SSSR count). The van der Waals surface area contributed by atoms with Gasteiger partial charge in [-0.2, -0.15) is 4.39 Å². The molecule has 0 aliphatic rings. The highest BCUT2D eigenvalue weighted by Gasteiger charge is 2.18. The summed E-state index contributed by atoms with van der Waals surface area (Å²) in [7, 11) is 0. The highest BCUT2D eigenvalue weighted by Crippen LogP contribution is 2.20. The number of aliphatic hydroxyl groups is 1. The topological polar surface area (TPSA) is 63.4 Å². The van der Waals surface area contributed by atoms with Crippen LogP contribution in [0.1, 0.15) is 19.4 Å². The third-order valence-corrected chi connectivity index (χ3v) is 1.85. The van der Waals surface area contributed by atoms with Gasteiger partial charge in [-0.25, -0.2) is 0 Å². The van der Waals surface area contributed by atoms with Crippen LogP contribution in [0.4, 0.5) is 10.1 Å². The third kappa shape index (κ3) is 3.28. The van der Waals surface area contributed by atoms with E-state index >= 15 is 0 Å². The van der Waals surface area contributed by atoms with Crippen molar-refractivity contribution in [1.82, 2.24) is 0 Å². The Bertz CT molecular complexity index is 385. The van der Waals surface area contributed by atoms with Crippen LogP contribution in [0.3, 0.4) is 0 Å². The summed E-state index contributed by atoms with van der Waals surface area (Å²) in [6, 6.07) is 3.63. The molecule has 0 aromatic heterocycles. The maximum Gasteiger partial charge on any atom is 0.304 e. The number of rotatable bonds is 3. The first-order valence-electron chi connectivity index (χ1n) is 4.45. The summed E-state index contributed by atoms with van der Waals surface area (Å²) in [5.74, 6) is -0.873. The van der Waals surface area contributed by atoms with Gasteiger partial charge >= 0.3 is 5.69 Å². The predicted octanol–water partition coefficient (Wildman–Crippen LogP) is 2.05. The molecule has 0 aliphatic carbocycles. The number of nitro benzene ring substituents is 1. The molecule has 0 bridgehead atoms. The van der Waals surface area contributed by atoms with Crippen molar-refractivity contribution in [3.8, 4) is 0 Å². The maximum absolute atomic E-state index is 13.2. The lowest BCUT2D eigenvalue weighted by Gasteiger charge is -2.16. The van der Waals surface area contributed by atoms with Crippen molar-refractivity contribution < 1.29 is 14.4 Å². The van der Waals surface area contributed by atoms with E-state index in [9.17, 15) is 19.6 Å². The molecule has 4 nitrogen and oxygen atoms in total. The molecule has 0 atom stereocenters. The van der Waals surface area contributed by atoms with Crippen molar-refractivity contribution in [2.45, 2.75) is 25.9 Å². The molecule has 15 heavy (non-hydrogen) atoms. The number of benzene rings is 1. The minimum Gasteiger partial charge on any atom is -0.390 e. The second kappa shape index (κ2) is 3.94. The lowest BCUT2D eigenvalue weighted by Crippen LogP contribution is -2.21. The van der Waals surface area contributed by atoms with E-state index in [1.807, 2.05) is 0 Å². The molecular formula is C10H12FNO3. The summed E-state index contributed by atoms with van der Waals surface area (Å²) in [5.41, 5.74) is -0.970. The summed E-state index contributed by atoms with van der Waals surface area (Å²) in [4.78, 5) is 9.56. The van der Waals surface area contributed by atoms with Gasteiger partial charge in [-0.1, -0.05) is 6.07 Å². The van der Waals surface area contributed by atoms with Crippen molar-refractivity contribution in [2.75, 3.05) is 0 Å². The molecule has 0 heterocycles. The van der Waals surface area contributed by atoms with E-state index in [4.69, 9.17) is 0 Å². The van der Waals surface area contributed by atoms with Crippen molar-refractivity contribution in [2.24, 2.45) is 0 Å². The van der Waals surface area contributed by atoms with Crippen LogP contribution in [-0.4, -0.2) is 15.6 Å². The number of hydrogen-bond acceptors (Lipinski definition) is 3. The second-order valence-electron chi connectivity index (χ2n) is 4.03. The lowest BCUT2D eigenvalue weighted by atomic mass is 9.98. The fraction of sp³-hybridized carbons (Fsp3) is 0.400. The van der Waals surface area contributed by atoms with Crippen LogP contribution in [0.25, 0.3) is 0 Å². The Kier molecular flexibility index (Phi) is 3.04. The van der Waals surface area contributed by atoms with Crippen LogP contribution in [0.15, 0.2) is 18.2 Å². The van der Waals surface area contributed by atoms with Gasteiger partial charge in [0.2, 0.25) is 5.82 Å². The highest BCUT2D eigenvalue weighted by molar-refractivity contribution is 5.35. The van der Waals surface area contributed by atoms with Gasteiger partial charge in [-0.15, -0.1) is 0 Å². The average molecular weight is 213 g/mol. The van der Waals surface area contributed by atoms with E-state index in [0.29, 0.717) is 5.56 Å². The molecular weight excluding hydrogens is 201 g/mol. The zero-order chi connectivity index (χ0) is 11.6. The molecule has 1 N–H and O–H groups in total. The average Bonchev–Trinajstić information content (AvgIpc) is 1.99. The first-order chi connectivity index (χ1) is 6.79. The van der Waals surface area contributed by atoms with Gasteiger partial charge in [0.05, 0.1) is 10.5 Å². The number of nitrogens with zero attached hydrogens (tertiary/aromatic N) is 1.